The molecule has 100 valence electrons. The molecule has 0 amide bonds. The minimum Gasteiger partial charge on any atom is -0.371 e. The van der Waals surface area contributed by atoms with Crippen LogP contribution in [0.2, 0.25) is 0 Å². The molecule has 1 aromatic heterocycles. The highest BCUT2D eigenvalue weighted by atomic mass is 15.2. The summed E-state index contributed by atoms with van der Waals surface area (Å²) in [4.78, 5) is 7.16. The van der Waals surface area contributed by atoms with Crippen LogP contribution in [0.5, 0.6) is 0 Å². The molecule has 1 heterocycles. The normalized spacial score (nSPS) is 14.8. The monoisotopic (exact) mass is 255 g/mol. The van der Waals surface area contributed by atoms with Gasteiger partial charge in [-0.2, -0.15) is 0 Å². The van der Waals surface area contributed by atoms with Gasteiger partial charge in [0.1, 0.15) is 0 Å². The summed E-state index contributed by atoms with van der Waals surface area (Å²) >= 11 is 0. The van der Waals surface area contributed by atoms with Crippen molar-refractivity contribution >= 4 is 16.6 Å². The van der Waals surface area contributed by atoms with Crippen LogP contribution >= 0.6 is 0 Å². The first kappa shape index (κ1) is 12.4. The van der Waals surface area contributed by atoms with Crippen LogP contribution in [0.15, 0.2) is 30.3 Å². The van der Waals surface area contributed by atoms with Gasteiger partial charge in [-0.1, -0.05) is 25.1 Å². The number of hydrogen-bond acceptors (Lipinski definition) is 3. The largest absolute Gasteiger partial charge is 0.371 e. The molecule has 1 fully saturated rings. The number of rotatable bonds is 5. The molecule has 0 spiro atoms. The van der Waals surface area contributed by atoms with Gasteiger partial charge in [-0.15, -0.1) is 0 Å². The average molecular weight is 255 g/mol. The number of anilines is 1. The van der Waals surface area contributed by atoms with Gasteiger partial charge < -0.3 is 10.2 Å². The summed E-state index contributed by atoms with van der Waals surface area (Å²) in [6.07, 6.45) is 2.63. The van der Waals surface area contributed by atoms with E-state index in [1.165, 1.54) is 23.9 Å². The van der Waals surface area contributed by atoms with Crippen LogP contribution in [-0.4, -0.2) is 24.6 Å². The molecule has 0 atom stereocenters. The SMILES string of the molecule is CCNCc1cc(N(C)C2CC2)c2ccccc2n1. The van der Waals surface area contributed by atoms with Gasteiger partial charge in [0.15, 0.2) is 0 Å². The van der Waals surface area contributed by atoms with E-state index in [1.807, 2.05) is 0 Å². The van der Waals surface area contributed by atoms with Crippen LogP contribution in [0.25, 0.3) is 10.9 Å². The van der Waals surface area contributed by atoms with Gasteiger partial charge in [0.2, 0.25) is 0 Å². The van der Waals surface area contributed by atoms with E-state index in [0.29, 0.717) is 0 Å². The van der Waals surface area contributed by atoms with Crippen molar-refractivity contribution in [2.45, 2.75) is 32.4 Å². The van der Waals surface area contributed by atoms with Crippen LogP contribution in [0.3, 0.4) is 0 Å². The van der Waals surface area contributed by atoms with E-state index in [-0.39, 0.29) is 0 Å². The number of nitrogens with one attached hydrogen (secondary N) is 1. The van der Waals surface area contributed by atoms with Crippen LogP contribution < -0.4 is 10.2 Å². The number of hydrogen-bond donors (Lipinski definition) is 1. The van der Waals surface area contributed by atoms with Crippen molar-refractivity contribution in [3.63, 3.8) is 0 Å². The van der Waals surface area contributed by atoms with Gasteiger partial charge in [-0.05, 0) is 31.5 Å². The summed E-state index contributed by atoms with van der Waals surface area (Å²) in [5.74, 6) is 0. The van der Waals surface area contributed by atoms with Gasteiger partial charge in [-0.3, -0.25) is 4.98 Å². The third-order valence-electron chi connectivity index (χ3n) is 3.78. The topological polar surface area (TPSA) is 28.2 Å². The Balaban J connectivity index is 2.05. The summed E-state index contributed by atoms with van der Waals surface area (Å²) in [5.41, 5.74) is 3.55. The first-order valence-electron chi connectivity index (χ1n) is 7.12. The lowest BCUT2D eigenvalue weighted by atomic mass is 10.1. The highest BCUT2D eigenvalue weighted by molar-refractivity contribution is 5.92. The smallest absolute Gasteiger partial charge is 0.0726 e. The zero-order valence-corrected chi connectivity index (χ0v) is 11.7. The van der Waals surface area contributed by atoms with E-state index < -0.39 is 0 Å². The fraction of sp³-hybridized carbons (Fsp3) is 0.438. The van der Waals surface area contributed by atoms with Gasteiger partial charge in [0.25, 0.3) is 0 Å². The molecule has 1 saturated carbocycles. The summed E-state index contributed by atoms with van der Waals surface area (Å²) in [5, 5.41) is 4.62. The van der Waals surface area contributed by atoms with Crippen LogP contribution in [0.1, 0.15) is 25.5 Å². The first-order chi connectivity index (χ1) is 9.29. The first-order valence-corrected chi connectivity index (χ1v) is 7.12. The van der Waals surface area contributed by atoms with E-state index in [9.17, 15) is 0 Å². The molecular formula is C16H21N3. The van der Waals surface area contributed by atoms with Crippen LogP contribution in [0, 0.1) is 0 Å². The zero-order valence-electron chi connectivity index (χ0n) is 11.7. The Morgan fingerprint density at radius 3 is 2.84 bits per heavy atom. The van der Waals surface area contributed by atoms with Crippen molar-refractivity contribution in [3.8, 4) is 0 Å². The molecule has 0 radical (unpaired) electrons. The summed E-state index contributed by atoms with van der Waals surface area (Å²) in [7, 11) is 2.20. The van der Waals surface area contributed by atoms with E-state index in [4.69, 9.17) is 4.98 Å². The number of nitrogens with zero attached hydrogens (tertiary/aromatic N) is 2. The highest BCUT2D eigenvalue weighted by Crippen LogP contribution is 2.34. The molecule has 0 unspecified atom stereocenters. The molecule has 19 heavy (non-hydrogen) atoms. The second kappa shape index (κ2) is 5.17. The Bertz CT molecular complexity index is 575. The van der Waals surface area contributed by atoms with Gasteiger partial charge in [0.05, 0.1) is 11.2 Å². The molecule has 1 aliphatic rings. The molecule has 3 heteroatoms. The molecular weight excluding hydrogens is 234 g/mol. The van der Waals surface area contributed by atoms with E-state index in [1.54, 1.807) is 0 Å². The number of aromatic nitrogens is 1. The molecule has 1 aromatic carbocycles. The van der Waals surface area contributed by atoms with Crippen molar-refractivity contribution in [1.29, 1.82) is 0 Å². The lowest BCUT2D eigenvalue weighted by molar-refractivity contribution is 0.712. The maximum Gasteiger partial charge on any atom is 0.0726 e. The molecule has 1 aliphatic carbocycles. The standard InChI is InChI=1S/C16H21N3/c1-3-17-11-12-10-16(19(2)13-8-9-13)14-6-4-5-7-15(14)18-12/h4-7,10,13,17H,3,8-9,11H2,1-2H3. The fourth-order valence-electron chi connectivity index (χ4n) is 2.50. The zero-order chi connectivity index (χ0) is 13.2. The van der Waals surface area contributed by atoms with Gasteiger partial charge in [-0.25, -0.2) is 0 Å². The van der Waals surface area contributed by atoms with E-state index in [2.05, 4.69) is 54.5 Å². The van der Waals surface area contributed by atoms with E-state index >= 15 is 0 Å². The van der Waals surface area contributed by atoms with Crippen LogP contribution in [0.4, 0.5) is 5.69 Å². The Hall–Kier alpha value is -1.61. The number of pyridine rings is 1. The summed E-state index contributed by atoms with van der Waals surface area (Å²) < 4.78 is 0. The quantitative estimate of drug-likeness (QED) is 0.890. The second-order valence-electron chi connectivity index (χ2n) is 5.27. The third kappa shape index (κ3) is 2.56. The fourth-order valence-corrected chi connectivity index (χ4v) is 2.50. The minimum atomic E-state index is 0.720. The Kier molecular flexibility index (Phi) is 3.38. The molecule has 0 bridgehead atoms. The number of fused-ring (bicyclic) bond motifs is 1. The van der Waals surface area contributed by atoms with Crippen molar-refractivity contribution in [3.05, 3.63) is 36.0 Å². The molecule has 0 aliphatic heterocycles. The lowest BCUT2D eigenvalue weighted by Gasteiger charge is -2.21. The van der Waals surface area contributed by atoms with Crippen LogP contribution in [-0.2, 0) is 6.54 Å². The molecule has 0 saturated heterocycles. The molecule has 1 N–H and O–H groups in total. The number of benzene rings is 1. The number of para-hydroxylation sites is 1. The van der Waals surface area contributed by atoms with E-state index in [0.717, 1.165) is 30.3 Å². The average Bonchev–Trinajstić information content (AvgIpc) is 3.28. The summed E-state index contributed by atoms with van der Waals surface area (Å²) in [6, 6.07) is 11.4. The Morgan fingerprint density at radius 2 is 2.11 bits per heavy atom. The maximum absolute atomic E-state index is 4.75. The molecule has 2 aromatic rings. The predicted molar refractivity (Wildman–Crippen MR) is 80.5 cm³/mol. The van der Waals surface area contributed by atoms with Gasteiger partial charge in [0, 0.05) is 30.7 Å². The third-order valence-corrected chi connectivity index (χ3v) is 3.78. The minimum absolute atomic E-state index is 0.720. The lowest BCUT2D eigenvalue weighted by Crippen LogP contribution is -2.21. The van der Waals surface area contributed by atoms with Gasteiger partial charge >= 0.3 is 0 Å². The predicted octanol–water partition coefficient (Wildman–Crippen LogP) is 2.94. The molecule has 3 rings (SSSR count). The van der Waals surface area contributed by atoms with Crippen molar-refractivity contribution in [2.75, 3.05) is 18.5 Å². The van der Waals surface area contributed by atoms with Crippen molar-refractivity contribution in [2.24, 2.45) is 0 Å². The second-order valence-corrected chi connectivity index (χ2v) is 5.27. The van der Waals surface area contributed by atoms with Crippen molar-refractivity contribution in [1.82, 2.24) is 10.3 Å². The molecule has 3 nitrogen and oxygen atoms in total. The highest BCUT2D eigenvalue weighted by Gasteiger charge is 2.27. The Labute approximate surface area is 114 Å². The van der Waals surface area contributed by atoms with Crippen molar-refractivity contribution < 1.29 is 0 Å². The maximum atomic E-state index is 4.75. The Morgan fingerprint density at radius 1 is 1.32 bits per heavy atom. The summed E-state index contributed by atoms with van der Waals surface area (Å²) in [6.45, 7) is 3.94.